The Morgan fingerprint density at radius 3 is 2.76 bits per heavy atom. The van der Waals surface area contributed by atoms with E-state index in [1.54, 1.807) is 13.2 Å². The topological polar surface area (TPSA) is 72.6 Å². The molecule has 0 spiro atoms. The van der Waals surface area contributed by atoms with Crippen molar-refractivity contribution in [3.8, 4) is 5.75 Å². The highest BCUT2D eigenvalue weighted by atomic mass is 16.5. The first-order chi connectivity index (χ1) is 14.3. The van der Waals surface area contributed by atoms with E-state index >= 15 is 0 Å². The van der Waals surface area contributed by atoms with E-state index in [-0.39, 0.29) is 6.61 Å². The van der Waals surface area contributed by atoms with E-state index in [1.165, 1.54) is 0 Å². The van der Waals surface area contributed by atoms with Crippen molar-refractivity contribution in [3.05, 3.63) is 78.0 Å². The van der Waals surface area contributed by atoms with E-state index in [4.69, 9.17) is 14.2 Å². The molecule has 3 rings (SSSR count). The van der Waals surface area contributed by atoms with E-state index in [0.29, 0.717) is 26.2 Å². The summed E-state index contributed by atoms with van der Waals surface area (Å²) in [7, 11) is 1.65. The zero-order valence-corrected chi connectivity index (χ0v) is 16.5. The van der Waals surface area contributed by atoms with Crippen LogP contribution in [0, 0.1) is 0 Å². The number of methoxy groups -OCH3 is 1. The van der Waals surface area contributed by atoms with Gasteiger partial charge in [-0.15, -0.1) is 0 Å². The van der Waals surface area contributed by atoms with Crippen LogP contribution in [0.2, 0.25) is 0 Å². The maximum Gasteiger partial charge on any atom is 0.407 e. The van der Waals surface area contributed by atoms with E-state index in [9.17, 15) is 4.79 Å². The molecule has 0 radical (unpaired) electrons. The maximum atomic E-state index is 11.8. The number of alkyl carbamates (subject to hydrolysis) is 1. The Morgan fingerprint density at radius 2 is 1.93 bits per heavy atom. The summed E-state index contributed by atoms with van der Waals surface area (Å²) >= 11 is 0. The molecule has 2 N–H and O–H groups in total. The van der Waals surface area contributed by atoms with Crippen molar-refractivity contribution in [2.75, 3.05) is 26.9 Å². The van der Waals surface area contributed by atoms with Gasteiger partial charge >= 0.3 is 6.09 Å². The molecule has 0 aliphatic carbocycles. The molecule has 1 amide bonds. The Bertz CT molecular complexity index is 934. The predicted octanol–water partition coefficient (Wildman–Crippen LogP) is 4.22. The molecule has 0 saturated heterocycles. The van der Waals surface area contributed by atoms with Crippen LogP contribution in [0.15, 0.2) is 66.9 Å². The fraction of sp³-hybridized carbons (Fsp3) is 0.261. The Labute approximate surface area is 170 Å². The fourth-order valence-corrected chi connectivity index (χ4v) is 2.92. The number of hydrogen-bond acceptors (Lipinski definition) is 4. The van der Waals surface area contributed by atoms with Gasteiger partial charge < -0.3 is 24.5 Å². The summed E-state index contributed by atoms with van der Waals surface area (Å²) in [5.41, 5.74) is 3.29. The number of amides is 1. The number of H-pyrrole nitrogens is 1. The summed E-state index contributed by atoms with van der Waals surface area (Å²) in [6.07, 6.45) is 5.84. The van der Waals surface area contributed by atoms with Crippen molar-refractivity contribution in [3.63, 3.8) is 0 Å². The van der Waals surface area contributed by atoms with Crippen LogP contribution in [0.1, 0.15) is 11.1 Å². The van der Waals surface area contributed by atoms with Crippen molar-refractivity contribution in [1.29, 1.82) is 0 Å². The Hall–Kier alpha value is -3.25. The molecule has 0 atom stereocenters. The zero-order chi connectivity index (χ0) is 20.3. The summed E-state index contributed by atoms with van der Waals surface area (Å²) in [6, 6.07) is 15.9. The normalized spacial score (nSPS) is 11.1. The number of aromatic amines is 1. The zero-order valence-electron chi connectivity index (χ0n) is 16.5. The van der Waals surface area contributed by atoms with Crippen molar-refractivity contribution in [2.45, 2.75) is 13.0 Å². The molecule has 3 aromatic rings. The summed E-state index contributed by atoms with van der Waals surface area (Å²) in [4.78, 5) is 15.0. The molecule has 0 unspecified atom stereocenters. The lowest BCUT2D eigenvalue weighted by Gasteiger charge is -2.05. The standard InChI is InChI=1S/C23H26N2O4/c1-27-20-9-10-22-21(15-20)19(16-25-22)11-12-24-23(26)29-14-6-5-13-28-17-18-7-3-2-4-8-18/h2-10,15-16,25H,11-14,17H2,1H3,(H,24,26)/b6-5+. The van der Waals surface area contributed by atoms with Crippen LogP contribution in [-0.4, -0.2) is 37.9 Å². The number of carbonyl (C=O) groups is 1. The molecule has 6 heteroatoms. The third-order valence-electron chi connectivity index (χ3n) is 4.44. The molecule has 152 valence electrons. The molecule has 0 fully saturated rings. The molecule has 0 bridgehead atoms. The average Bonchev–Trinajstić information content (AvgIpc) is 3.16. The summed E-state index contributed by atoms with van der Waals surface area (Å²) in [5.74, 6) is 0.810. The number of carbonyl (C=O) groups excluding carboxylic acids is 1. The number of fused-ring (bicyclic) bond motifs is 1. The molecular weight excluding hydrogens is 368 g/mol. The minimum Gasteiger partial charge on any atom is -0.497 e. The summed E-state index contributed by atoms with van der Waals surface area (Å²) < 4.78 is 15.9. The van der Waals surface area contributed by atoms with Gasteiger partial charge in [0.25, 0.3) is 0 Å². The first-order valence-electron chi connectivity index (χ1n) is 9.57. The molecular formula is C23H26N2O4. The number of rotatable bonds is 10. The first-order valence-corrected chi connectivity index (χ1v) is 9.57. The van der Waals surface area contributed by atoms with E-state index in [0.717, 1.165) is 27.8 Å². The first kappa shape index (κ1) is 20.5. The molecule has 0 aliphatic heterocycles. The third-order valence-corrected chi connectivity index (χ3v) is 4.44. The van der Waals surface area contributed by atoms with Gasteiger partial charge in [-0.2, -0.15) is 0 Å². The van der Waals surface area contributed by atoms with Crippen molar-refractivity contribution < 1.29 is 19.0 Å². The molecule has 0 saturated carbocycles. The highest BCUT2D eigenvalue weighted by molar-refractivity contribution is 5.84. The smallest absolute Gasteiger partial charge is 0.407 e. The summed E-state index contributed by atoms with van der Waals surface area (Å²) in [5, 5.41) is 3.86. The number of benzene rings is 2. The van der Waals surface area contributed by atoms with Crippen LogP contribution in [0.4, 0.5) is 4.79 Å². The highest BCUT2D eigenvalue weighted by Gasteiger charge is 2.06. The van der Waals surface area contributed by atoms with Gasteiger partial charge in [0.1, 0.15) is 12.4 Å². The van der Waals surface area contributed by atoms with Crippen molar-refractivity contribution in [2.24, 2.45) is 0 Å². The molecule has 29 heavy (non-hydrogen) atoms. The van der Waals surface area contributed by atoms with Crippen LogP contribution in [-0.2, 0) is 22.5 Å². The van der Waals surface area contributed by atoms with E-state index < -0.39 is 6.09 Å². The second kappa shape index (κ2) is 10.9. The van der Waals surface area contributed by atoms with Crippen LogP contribution in [0.25, 0.3) is 10.9 Å². The number of ether oxygens (including phenoxy) is 3. The number of hydrogen-bond donors (Lipinski definition) is 2. The molecule has 0 aliphatic rings. The second-order valence-corrected chi connectivity index (χ2v) is 6.47. The van der Waals surface area contributed by atoms with Crippen LogP contribution in [0.3, 0.4) is 0 Å². The lowest BCUT2D eigenvalue weighted by molar-refractivity contribution is 0.146. The van der Waals surface area contributed by atoms with Gasteiger partial charge in [-0.25, -0.2) is 4.79 Å². The van der Waals surface area contributed by atoms with E-state index in [2.05, 4.69) is 10.3 Å². The second-order valence-electron chi connectivity index (χ2n) is 6.47. The predicted molar refractivity (Wildman–Crippen MR) is 113 cm³/mol. The van der Waals surface area contributed by atoms with Crippen LogP contribution >= 0.6 is 0 Å². The van der Waals surface area contributed by atoms with Gasteiger partial charge in [-0.05, 0) is 41.8 Å². The van der Waals surface area contributed by atoms with Crippen LogP contribution < -0.4 is 10.1 Å². The van der Waals surface area contributed by atoms with Gasteiger partial charge in [-0.1, -0.05) is 36.4 Å². The average molecular weight is 394 g/mol. The van der Waals surface area contributed by atoms with Gasteiger partial charge in [0.15, 0.2) is 0 Å². The SMILES string of the molecule is COc1ccc2[nH]cc(CCNC(=O)OC/C=C/COCc3ccccc3)c2c1. The molecule has 2 aromatic carbocycles. The Morgan fingerprint density at radius 1 is 1.10 bits per heavy atom. The quantitative estimate of drug-likeness (QED) is 0.399. The monoisotopic (exact) mass is 394 g/mol. The van der Waals surface area contributed by atoms with Crippen molar-refractivity contribution >= 4 is 17.0 Å². The Balaban J connectivity index is 1.30. The van der Waals surface area contributed by atoms with Crippen molar-refractivity contribution in [1.82, 2.24) is 10.3 Å². The fourth-order valence-electron chi connectivity index (χ4n) is 2.92. The number of nitrogens with one attached hydrogen (secondary N) is 2. The van der Waals surface area contributed by atoms with Crippen LogP contribution in [0.5, 0.6) is 5.75 Å². The molecule has 6 nitrogen and oxygen atoms in total. The van der Waals surface area contributed by atoms with Gasteiger partial charge in [0.05, 0.1) is 20.3 Å². The minimum absolute atomic E-state index is 0.213. The van der Waals surface area contributed by atoms with E-state index in [1.807, 2.05) is 60.8 Å². The lowest BCUT2D eigenvalue weighted by Crippen LogP contribution is -2.26. The summed E-state index contributed by atoms with van der Waals surface area (Å²) in [6.45, 7) is 1.74. The molecule has 1 heterocycles. The van der Waals surface area contributed by atoms with Gasteiger partial charge in [0.2, 0.25) is 0 Å². The lowest BCUT2D eigenvalue weighted by atomic mass is 10.1. The maximum absolute atomic E-state index is 11.8. The highest BCUT2D eigenvalue weighted by Crippen LogP contribution is 2.23. The molecule has 1 aromatic heterocycles. The largest absolute Gasteiger partial charge is 0.497 e. The number of aromatic nitrogens is 1. The minimum atomic E-state index is -0.433. The van der Waals surface area contributed by atoms with Gasteiger partial charge in [0, 0.05) is 23.6 Å². The third kappa shape index (κ3) is 6.40. The Kier molecular flexibility index (Phi) is 7.72. The van der Waals surface area contributed by atoms with Gasteiger partial charge in [-0.3, -0.25) is 0 Å².